The molecule has 1 amide bonds. The molecule has 0 unspecified atom stereocenters. The Morgan fingerprint density at radius 1 is 0.786 bits per heavy atom. The molecule has 0 fully saturated rings. The summed E-state index contributed by atoms with van der Waals surface area (Å²) in [4.78, 5) is 32.9. The first-order chi connectivity index (χ1) is 19.8. The van der Waals surface area contributed by atoms with E-state index in [0.717, 1.165) is 24.9 Å². The van der Waals surface area contributed by atoms with Crippen molar-refractivity contribution in [3.05, 3.63) is 83.4 Å². The maximum absolute atomic E-state index is 12.3. The third-order valence-corrected chi connectivity index (χ3v) is 6.29. The average molecular weight is 580 g/mol. The molecule has 1 aliphatic rings. The molecule has 1 aliphatic heterocycles. The summed E-state index contributed by atoms with van der Waals surface area (Å²) < 4.78 is 10.6. The van der Waals surface area contributed by atoms with Gasteiger partial charge in [0.1, 0.15) is 0 Å². The van der Waals surface area contributed by atoms with Gasteiger partial charge in [-0.3, -0.25) is 4.79 Å². The minimum atomic E-state index is -1.82. The van der Waals surface area contributed by atoms with Crippen molar-refractivity contribution in [2.24, 2.45) is 0 Å². The predicted octanol–water partition coefficient (Wildman–Crippen LogP) is 3.00. The molecule has 0 spiro atoms. The van der Waals surface area contributed by atoms with Gasteiger partial charge in [-0.2, -0.15) is 0 Å². The van der Waals surface area contributed by atoms with Crippen LogP contribution in [0, 0.1) is 0 Å². The number of benzene rings is 3. The van der Waals surface area contributed by atoms with Crippen LogP contribution < -0.4 is 25.0 Å². The first-order valence-electron chi connectivity index (χ1n) is 13.1. The standard InChI is InChI=1S/C29H33N3O3.C2H2O4.H2O/c1-34-27-15-12-22(20-28(27)35-2)16-18-30-21-29(33)31-17-7-19-32-25-10-5-3-8-23(25)13-14-24-9-4-6-11-26(24)32;3-1(4)2(5)6;/h3-6,8-15,20,30H,7,16-19,21H2,1-2H3,(H,31,33);(H,3,4)(H,5,6);1H2. The lowest BCUT2D eigenvalue weighted by molar-refractivity contribution is -0.159. The molecule has 224 valence electrons. The summed E-state index contributed by atoms with van der Waals surface area (Å²) in [7, 11) is 3.26. The summed E-state index contributed by atoms with van der Waals surface area (Å²) in [6, 6.07) is 22.7. The first kappa shape index (κ1) is 33.3. The Kier molecular flexibility index (Phi) is 13.5. The number of ether oxygens (including phenoxy) is 2. The summed E-state index contributed by atoms with van der Waals surface area (Å²) in [6.07, 6.45) is 5.99. The predicted molar refractivity (Wildman–Crippen MR) is 161 cm³/mol. The smallest absolute Gasteiger partial charge is 0.414 e. The van der Waals surface area contributed by atoms with Crippen molar-refractivity contribution in [3.63, 3.8) is 0 Å². The lowest BCUT2D eigenvalue weighted by Crippen LogP contribution is -2.36. The van der Waals surface area contributed by atoms with Gasteiger partial charge in [-0.25, -0.2) is 9.59 Å². The normalized spacial score (nSPS) is 11.0. The third-order valence-electron chi connectivity index (χ3n) is 6.29. The highest BCUT2D eigenvalue weighted by Gasteiger charge is 2.17. The highest BCUT2D eigenvalue weighted by molar-refractivity contribution is 6.27. The molecule has 0 aliphatic carbocycles. The number of hydrogen-bond donors (Lipinski definition) is 4. The van der Waals surface area contributed by atoms with Crippen molar-refractivity contribution in [1.29, 1.82) is 0 Å². The Morgan fingerprint density at radius 3 is 1.90 bits per heavy atom. The van der Waals surface area contributed by atoms with E-state index in [9.17, 15) is 4.79 Å². The number of methoxy groups -OCH3 is 2. The molecule has 0 aromatic heterocycles. The third kappa shape index (κ3) is 9.65. The molecule has 42 heavy (non-hydrogen) atoms. The van der Waals surface area contributed by atoms with Crippen LogP contribution in [0.4, 0.5) is 11.4 Å². The van der Waals surface area contributed by atoms with Gasteiger partial charge in [0.15, 0.2) is 11.5 Å². The van der Waals surface area contributed by atoms with E-state index in [2.05, 4.69) is 76.2 Å². The number of nitrogens with one attached hydrogen (secondary N) is 2. The number of anilines is 2. The fraction of sp³-hybridized carbons (Fsp3) is 0.258. The van der Waals surface area contributed by atoms with E-state index in [4.69, 9.17) is 29.3 Å². The molecule has 0 radical (unpaired) electrons. The van der Waals surface area contributed by atoms with Crippen molar-refractivity contribution >= 4 is 41.4 Å². The van der Waals surface area contributed by atoms with Gasteiger partial charge in [-0.15, -0.1) is 0 Å². The molecule has 1 heterocycles. The number of carboxylic acids is 2. The van der Waals surface area contributed by atoms with E-state index < -0.39 is 11.9 Å². The van der Waals surface area contributed by atoms with Gasteiger partial charge in [-0.1, -0.05) is 54.6 Å². The van der Waals surface area contributed by atoms with Crippen molar-refractivity contribution in [2.75, 3.05) is 45.3 Å². The average Bonchev–Trinajstić information content (AvgIpc) is 3.14. The molecule has 11 nitrogen and oxygen atoms in total. The maximum atomic E-state index is 12.3. The number of para-hydroxylation sites is 2. The van der Waals surface area contributed by atoms with Crippen LogP contribution in [0.2, 0.25) is 0 Å². The number of nitrogens with zero attached hydrogens (tertiary/aromatic N) is 1. The molecule has 4 rings (SSSR count). The second-order valence-electron chi connectivity index (χ2n) is 9.03. The molecular formula is C31H37N3O8. The van der Waals surface area contributed by atoms with Crippen LogP contribution in [-0.2, 0) is 20.8 Å². The van der Waals surface area contributed by atoms with Gasteiger partial charge in [0.05, 0.1) is 20.8 Å². The highest BCUT2D eigenvalue weighted by Crippen LogP contribution is 2.36. The lowest BCUT2D eigenvalue weighted by atomic mass is 10.1. The SMILES string of the molecule is COc1ccc(CCNCC(=O)NCCCN2c3ccccc3C=Cc3ccccc32)cc1OC.O.O=C(O)C(=O)O. The number of fused-ring (bicyclic) bond motifs is 2. The number of carboxylic acid groups (broad SMARTS) is 2. The van der Waals surface area contributed by atoms with Gasteiger partial charge in [-0.05, 0) is 60.3 Å². The number of hydrogen-bond acceptors (Lipinski definition) is 7. The van der Waals surface area contributed by atoms with Crippen LogP contribution in [-0.4, -0.2) is 73.9 Å². The summed E-state index contributed by atoms with van der Waals surface area (Å²) in [6.45, 7) is 2.46. The van der Waals surface area contributed by atoms with Gasteiger partial charge in [0, 0.05) is 24.5 Å². The minimum Gasteiger partial charge on any atom is -0.493 e. The summed E-state index contributed by atoms with van der Waals surface area (Å²) in [5.41, 5.74) is 5.91. The zero-order chi connectivity index (χ0) is 29.6. The molecule has 0 saturated heterocycles. The zero-order valence-corrected chi connectivity index (χ0v) is 23.6. The van der Waals surface area contributed by atoms with E-state index in [-0.39, 0.29) is 11.4 Å². The molecule has 0 saturated carbocycles. The second kappa shape index (κ2) is 17.1. The van der Waals surface area contributed by atoms with Crippen LogP contribution in [0.3, 0.4) is 0 Å². The largest absolute Gasteiger partial charge is 0.493 e. The Balaban J connectivity index is 0.000000798. The lowest BCUT2D eigenvalue weighted by Gasteiger charge is -2.27. The Bertz CT molecular complexity index is 1310. The fourth-order valence-corrected chi connectivity index (χ4v) is 4.30. The van der Waals surface area contributed by atoms with Crippen LogP contribution in [0.25, 0.3) is 12.2 Å². The number of carbonyl (C=O) groups excluding carboxylic acids is 1. The first-order valence-corrected chi connectivity index (χ1v) is 13.1. The molecule has 0 bridgehead atoms. The van der Waals surface area contributed by atoms with Gasteiger partial charge >= 0.3 is 11.9 Å². The molecule has 0 atom stereocenters. The van der Waals surface area contributed by atoms with E-state index in [0.29, 0.717) is 31.1 Å². The fourth-order valence-electron chi connectivity index (χ4n) is 4.30. The number of aliphatic carboxylic acids is 2. The summed E-state index contributed by atoms with van der Waals surface area (Å²) in [5.74, 6) is -2.21. The highest BCUT2D eigenvalue weighted by atomic mass is 16.5. The van der Waals surface area contributed by atoms with Crippen LogP contribution in [0.1, 0.15) is 23.1 Å². The van der Waals surface area contributed by atoms with Crippen molar-refractivity contribution in [3.8, 4) is 11.5 Å². The number of rotatable bonds is 11. The van der Waals surface area contributed by atoms with E-state index in [1.54, 1.807) is 14.2 Å². The molecule has 11 heteroatoms. The monoisotopic (exact) mass is 579 g/mol. The van der Waals surface area contributed by atoms with E-state index in [1.807, 2.05) is 18.2 Å². The van der Waals surface area contributed by atoms with E-state index in [1.165, 1.54) is 22.5 Å². The summed E-state index contributed by atoms with van der Waals surface area (Å²) >= 11 is 0. The van der Waals surface area contributed by atoms with E-state index >= 15 is 0 Å². The maximum Gasteiger partial charge on any atom is 0.414 e. The van der Waals surface area contributed by atoms with Gasteiger partial charge in [0.2, 0.25) is 5.91 Å². The van der Waals surface area contributed by atoms with Crippen molar-refractivity contribution in [1.82, 2.24) is 10.6 Å². The molecule has 6 N–H and O–H groups in total. The topological polar surface area (TPSA) is 169 Å². The van der Waals surface area contributed by atoms with Crippen molar-refractivity contribution in [2.45, 2.75) is 12.8 Å². The Hall–Kier alpha value is -4.87. The second-order valence-corrected chi connectivity index (χ2v) is 9.03. The van der Waals surface area contributed by atoms with Crippen molar-refractivity contribution < 1.29 is 39.5 Å². The number of carbonyl (C=O) groups is 3. The zero-order valence-electron chi connectivity index (χ0n) is 23.6. The Morgan fingerprint density at radius 2 is 1.36 bits per heavy atom. The Labute approximate surface area is 244 Å². The molecule has 3 aromatic carbocycles. The van der Waals surface area contributed by atoms with Gasteiger partial charge < -0.3 is 40.7 Å². The summed E-state index contributed by atoms with van der Waals surface area (Å²) in [5, 5.41) is 21.0. The van der Waals surface area contributed by atoms with Crippen LogP contribution in [0.5, 0.6) is 11.5 Å². The quantitative estimate of drug-likeness (QED) is 0.197. The van der Waals surface area contributed by atoms with Gasteiger partial charge in [0.25, 0.3) is 0 Å². The minimum absolute atomic E-state index is 0. The molecule has 3 aromatic rings. The number of amides is 1. The van der Waals surface area contributed by atoms with Crippen LogP contribution in [0.15, 0.2) is 66.7 Å². The van der Waals surface area contributed by atoms with Crippen LogP contribution >= 0.6 is 0 Å². The molecular weight excluding hydrogens is 542 g/mol.